The molecule has 0 unspecified atom stereocenters. The zero-order valence-electron chi connectivity index (χ0n) is 10.9. The van der Waals surface area contributed by atoms with E-state index in [0.29, 0.717) is 6.54 Å². The molecule has 0 N–H and O–H groups in total. The van der Waals surface area contributed by atoms with Crippen molar-refractivity contribution in [1.29, 1.82) is 5.26 Å². The molecule has 4 heteroatoms. The van der Waals surface area contributed by atoms with E-state index >= 15 is 0 Å². The lowest BCUT2D eigenvalue weighted by Crippen LogP contribution is -2.46. The summed E-state index contributed by atoms with van der Waals surface area (Å²) in [4.78, 5) is 4.52. The smallest absolute Gasteiger partial charge is 0.123 e. The first-order valence-electron chi connectivity index (χ1n) is 6.52. The van der Waals surface area contributed by atoms with E-state index in [-0.39, 0.29) is 5.82 Å². The fourth-order valence-electron chi connectivity index (χ4n) is 2.14. The molecule has 1 aromatic carbocycles. The molecule has 0 aromatic heterocycles. The Bertz CT molecular complexity index is 453. The average molecular weight is 259 g/mol. The molecular weight excluding hydrogens is 241 g/mol. The predicted molar refractivity (Wildman–Crippen MR) is 73.9 cm³/mol. The van der Waals surface area contributed by atoms with E-state index in [1.165, 1.54) is 12.1 Å². The predicted octanol–water partition coefficient (Wildman–Crippen LogP) is 1.98. The molecule has 0 aliphatic carbocycles. The molecule has 1 aromatic rings. The van der Waals surface area contributed by atoms with Crippen molar-refractivity contribution < 1.29 is 4.39 Å². The number of benzene rings is 1. The van der Waals surface area contributed by atoms with E-state index in [1.54, 1.807) is 12.1 Å². The van der Waals surface area contributed by atoms with Crippen molar-refractivity contribution in [3.63, 3.8) is 0 Å². The van der Waals surface area contributed by atoms with Crippen LogP contribution in [0, 0.1) is 17.1 Å². The molecular formula is C15H18FN3. The minimum absolute atomic E-state index is 0.203. The Kier molecular flexibility index (Phi) is 5.08. The Labute approximate surface area is 113 Å². The average Bonchev–Trinajstić information content (AvgIpc) is 2.43. The minimum atomic E-state index is -0.203. The van der Waals surface area contributed by atoms with Gasteiger partial charge >= 0.3 is 0 Å². The van der Waals surface area contributed by atoms with Gasteiger partial charge in [0.25, 0.3) is 0 Å². The van der Waals surface area contributed by atoms with Crippen LogP contribution in [0.4, 0.5) is 4.39 Å². The van der Waals surface area contributed by atoms with Crippen LogP contribution in [-0.4, -0.2) is 49.1 Å². The lowest BCUT2D eigenvalue weighted by Gasteiger charge is -2.32. The third-order valence-corrected chi connectivity index (χ3v) is 3.30. The number of piperazine rings is 1. The molecule has 0 atom stereocenters. The SMILES string of the molecule is N#CCN1CCN(C/C=C/c2ccc(F)cc2)CC1. The molecule has 19 heavy (non-hydrogen) atoms. The van der Waals surface area contributed by atoms with Gasteiger partial charge in [-0.25, -0.2) is 4.39 Å². The summed E-state index contributed by atoms with van der Waals surface area (Å²) in [6, 6.07) is 8.68. The van der Waals surface area contributed by atoms with Crippen LogP contribution in [0.5, 0.6) is 0 Å². The van der Waals surface area contributed by atoms with Gasteiger partial charge in [0.2, 0.25) is 0 Å². The highest BCUT2D eigenvalue weighted by Crippen LogP contribution is 2.06. The summed E-state index contributed by atoms with van der Waals surface area (Å²) < 4.78 is 12.7. The maximum atomic E-state index is 12.7. The van der Waals surface area contributed by atoms with Gasteiger partial charge in [0.05, 0.1) is 12.6 Å². The molecule has 1 saturated heterocycles. The van der Waals surface area contributed by atoms with Gasteiger partial charge in [-0.05, 0) is 17.7 Å². The number of hydrogen-bond acceptors (Lipinski definition) is 3. The fourth-order valence-corrected chi connectivity index (χ4v) is 2.14. The summed E-state index contributed by atoms with van der Waals surface area (Å²) in [5.74, 6) is -0.203. The molecule has 0 amide bonds. The third kappa shape index (κ3) is 4.47. The van der Waals surface area contributed by atoms with Crippen molar-refractivity contribution in [1.82, 2.24) is 9.80 Å². The van der Waals surface area contributed by atoms with Gasteiger partial charge in [-0.3, -0.25) is 9.80 Å². The minimum Gasteiger partial charge on any atom is -0.297 e. The van der Waals surface area contributed by atoms with Crippen LogP contribution in [0.1, 0.15) is 5.56 Å². The normalized spacial score (nSPS) is 17.7. The van der Waals surface area contributed by atoms with Crippen molar-refractivity contribution in [2.24, 2.45) is 0 Å². The topological polar surface area (TPSA) is 30.3 Å². The van der Waals surface area contributed by atoms with Gasteiger partial charge < -0.3 is 0 Å². The highest BCUT2D eigenvalue weighted by molar-refractivity contribution is 5.48. The first kappa shape index (κ1) is 13.7. The van der Waals surface area contributed by atoms with E-state index in [4.69, 9.17) is 5.26 Å². The van der Waals surface area contributed by atoms with Crippen LogP contribution >= 0.6 is 0 Å². The first-order valence-corrected chi connectivity index (χ1v) is 6.52. The number of nitrogens with zero attached hydrogens (tertiary/aromatic N) is 3. The number of halogens is 1. The van der Waals surface area contributed by atoms with Crippen LogP contribution < -0.4 is 0 Å². The highest BCUT2D eigenvalue weighted by Gasteiger charge is 2.14. The standard InChI is InChI=1S/C15H18FN3/c16-15-5-3-14(4-6-15)2-1-8-18-10-12-19(9-7-17)13-11-18/h1-6H,8-13H2/b2-1+. The largest absolute Gasteiger partial charge is 0.297 e. The van der Waals surface area contributed by atoms with E-state index in [2.05, 4.69) is 21.9 Å². The number of nitriles is 1. The van der Waals surface area contributed by atoms with Crippen molar-refractivity contribution in [3.05, 3.63) is 41.7 Å². The summed E-state index contributed by atoms with van der Waals surface area (Å²) in [5, 5.41) is 8.63. The van der Waals surface area contributed by atoms with Crippen molar-refractivity contribution in [2.45, 2.75) is 0 Å². The molecule has 1 aliphatic heterocycles. The first-order chi connectivity index (χ1) is 9.28. The second kappa shape index (κ2) is 7.03. The van der Waals surface area contributed by atoms with Crippen molar-refractivity contribution in [2.75, 3.05) is 39.3 Å². The Morgan fingerprint density at radius 2 is 1.74 bits per heavy atom. The van der Waals surface area contributed by atoms with Gasteiger partial charge in [-0.1, -0.05) is 24.3 Å². The van der Waals surface area contributed by atoms with Gasteiger partial charge in [-0.15, -0.1) is 0 Å². The van der Waals surface area contributed by atoms with Crippen molar-refractivity contribution in [3.8, 4) is 6.07 Å². The fraction of sp³-hybridized carbons (Fsp3) is 0.400. The van der Waals surface area contributed by atoms with E-state index < -0.39 is 0 Å². The maximum Gasteiger partial charge on any atom is 0.123 e. The van der Waals surface area contributed by atoms with Gasteiger partial charge in [-0.2, -0.15) is 5.26 Å². The van der Waals surface area contributed by atoms with Gasteiger partial charge in [0, 0.05) is 32.7 Å². The summed E-state index contributed by atoms with van der Waals surface area (Å²) in [6.07, 6.45) is 4.12. The zero-order valence-corrected chi connectivity index (χ0v) is 10.9. The quantitative estimate of drug-likeness (QED) is 0.775. The lowest BCUT2D eigenvalue weighted by molar-refractivity contribution is 0.155. The zero-order chi connectivity index (χ0) is 13.5. The molecule has 1 fully saturated rings. The van der Waals surface area contributed by atoms with E-state index in [1.807, 2.05) is 6.08 Å². The summed E-state index contributed by atoms with van der Waals surface area (Å²) in [7, 11) is 0. The molecule has 0 bridgehead atoms. The van der Waals surface area contributed by atoms with Crippen LogP contribution in [0.15, 0.2) is 30.3 Å². The molecule has 1 aliphatic rings. The lowest BCUT2D eigenvalue weighted by atomic mass is 10.2. The van der Waals surface area contributed by atoms with Crippen LogP contribution in [0.3, 0.4) is 0 Å². The highest BCUT2D eigenvalue weighted by atomic mass is 19.1. The van der Waals surface area contributed by atoms with Crippen molar-refractivity contribution >= 4 is 6.08 Å². The maximum absolute atomic E-state index is 12.7. The second-order valence-corrected chi connectivity index (χ2v) is 4.69. The molecule has 0 spiro atoms. The number of rotatable bonds is 4. The van der Waals surface area contributed by atoms with Crippen LogP contribution in [-0.2, 0) is 0 Å². The summed E-state index contributed by atoms with van der Waals surface area (Å²) >= 11 is 0. The van der Waals surface area contributed by atoms with Gasteiger partial charge in [0.1, 0.15) is 5.82 Å². The molecule has 3 nitrogen and oxygen atoms in total. The molecule has 1 heterocycles. The third-order valence-electron chi connectivity index (χ3n) is 3.30. The Morgan fingerprint density at radius 3 is 2.37 bits per heavy atom. The summed E-state index contributed by atoms with van der Waals surface area (Å²) in [5.41, 5.74) is 1.02. The Morgan fingerprint density at radius 1 is 1.11 bits per heavy atom. The molecule has 0 saturated carbocycles. The molecule has 0 radical (unpaired) electrons. The molecule has 100 valence electrons. The summed E-state index contributed by atoms with van der Waals surface area (Å²) in [6.45, 7) is 5.33. The Balaban J connectivity index is 1.74. The van der Waals surface area contributed by atoms with Crippen LogP contribution in [0.25, 0.3) is 6.08 Å². The van der Waals surface area contributed by atoms with E-state index in [0.717, 1.165) is 38.3 Å². The monoisotopic (exact) mass is 259 g/mol. The van der Waals surface area contributed by atoms with Crippen LogP contribution in [0.2, 0.25) is 0 Å². The Hall–Kier alpha value is -1.70. The number of hydrogen-bond donors (Lipinski definition) is 0. The van der Waals surface area contributed by atoms with Gasteiger partial charge in [0.15, 0.2) is 0 Å². The van der Waals surface area contributed by atoms with E-state index in [9.17, 15) is 4.39 Å². The second-order valence-electron chi connectivity index (χ2n) is 4.69. The molecule has 2 rings (SSSR count).